The number of pyridine rings is 1. The second-order valence-electron chi connectivity index (χ2n) is 4.09. The molecule has 2 rings (SSSR count). The van der Waals surface area contributed by atoms with Gasteiger partial charge in [-0.3, -0.25) is 9.78 Å². The van der Waals surface area contributed by atoms with Crippen molar-refractivity contribution in [3.05, 3.63) is 35.0 Å². The van der Waals surface area contributed by atoms with Crippen molar-refractivity contribution in [1.29, 1.82) is 0 Å². The van der Waals surface area contributed by atoms with Gasteiger partial charge in [-0.1, -0.05) is 0 Å². The summed E-state index contributed by atoms with van der Waals surface area (Å²) in [4.78, 5) is 18.5. The van der Waals surface area contributed by atoms with Crippen molar-refractivity contribution in [2.24, 2.45) is 0 Å². The van der Waals surface area contributed by atoms with Gasteiger partial charge in [0, 0.05) is 47.0 Å². The molecule has 88 valence electrons. The van der Waals surface area contributed by atoms with Gasteiger partial charge >= 0.3 is 0 Å². The van der Waals surface area contributed by atoms with E-state index in [0.717, 1.165) is 15.8 Å². The molecule has 0 N–H and O–H groups in total. The molecule has 0 unspecified atom stereocenters. The third-order valence-electron chi connectivity index (χ3n) is 2.44. The monoisotopic (exact) mass is 246 g/mol. The second-order valence-corrected chi connectivity index (χ2v) is 5.20. The number of hydrogen-bond acceptors (Lipinski definition) is 3. The minimum absolute atomic E-state index is 0.0422. The normalized spacial score (nSPS) is 11.8. The van der Waals surface area contributed by atoms with Crippen LogP contribution in [-0.2, 0) is 4.79 Å². The highest BCUT2D eigenvalue weighted by Crippen LogP contribution is 2.26. The summed E-state index contributed by atoms with van der Waals surface area (Å²) in [6, 6.07) is 4.04. The molecule has 1 amide bonds. The molecule has 0 saturated heterocycles. The first-order chi connectivity index (χ1) is 8.08. The van der Waals surface area contributed by atoms with Crippen LogP contribution in [0.15, 0.2) is 30.1 Å². The van der Waals surface area contributed by atoms with Gasteiger partial charge in [0.25, 0.3) is 0 Å². The lowest BCUT2D eigenvalue weighted by atomic mass is 10.2. The van der Waals surface area contributed by atoms with Crippen LogP contribution >= 0.6 is 11.3 Å². The van der Waals surface area contributed by atoms with E-state index in [1.807, 2.05) is 25.3 Å². The number of carbonyl (C=O) groups is 1. The molecular formula is C13H14N2OS. The molecule has 0 spiro atoms. The predicted molar refractivity (Wildman–Crippen MR) is 72.0 cm³/mol. The number of fused-ring (bicyclic) bond motifs is 1. The van der Waals surface area contributed by atoms with E-state index < -0.39 is 0 Å². The number of rotatable bonds is 2. The van der Waals surface area contributed by atoms with Crippen molar-refractivity contribution < 1.29 is 4.79 Å². The molecule has 2 heterocycles. The van der Waals surface area contributed by atoms with Crippen LogP contribution in [0.25, 0.3) is 16.2 Å². The van der Waals surface area contributed by atoms with Gasteiger partial charge in [-0.05, 0) is 25.1 Å². The van der Waals surface area contributed by atoms with E-state index in [1.165, 1.54) is 4.70 Å². The first-order valence-corrected chi connectivity index (χ1v) is 6.13. The van der Waals surface area contributed by atoms with Crippen LogP contribution in [-0.4, -0.2) is 29.9 Å². The molecule has 0 fully saturated rings. The summed E-state index contributed by atoms with van der Waals surface area (Å²) in [7, 11) is 3.52. The quantitative estimate of drug-likeness (QED) is 0.763. The van der Waals surface area contributed by atoms with Gasteiger partial charge in [0.2, 0.25) is 5.91 Å². The van der Waals surface area contributed by atoms with Crippen LogP contribution in [0.5, 0.6) is 0 Å². The van der Waals surface area contributed by atoms with E-state index in [-0.39, 0.29) is 5.91 Å². The molecule has 4 heteroatoms. The first kappa shape index (κ1) is 11.8. The topological polar surface area (TPSA) is 33.2 Å². The Morgan fingerprint density at radius 1 is 1.47 bits per heavy atom. The molecule has 2 aromatic heterocycles. The Balaban J connectivity index is 2.35. The van der Waals surface area contributed by atoms with Crippen LogP contribution in [0, 0.1) is 0 Å². The lowest BCUT2D eigenvalue weighted by Crippen LogP contribution is -2.22. The standard InChI is InChI=1S/C13H14N2OS/c1-9(13(16)15(2)3)6-11-7-10-8-14-5-4-12(10)17-11/h4-8H,1-3H3. The second kappa shape index (κ2) is 4.67. The van der Waals surface area contributed by atoms with Gasteiger partial charge in [0.1, 0.15) is 0 Å². The third kappa shape index (κ3) is 2.53. The highest BCUT2D eigenvalue weighted by molar-refractivity contribution is 7.19. The average molecular weight is 246 g/mol. The number of carbonyl (C=O) groups excluding carboxylic acids is 1. The average Bonchev–Trinajstić information content (AvgIpc) is 2.69. The number of nitrogens with zero attached hydrogens (tertiary/aromatic N) is 2. The molecule has 2 aromatic rings. The Morgan fingerprint density at radius 3 is 2.88 bits per heavy atom. The molecule has 0 aliphatic rings. The zero-order valence-corrected chi connectivity index (χ0v) is 10.9. The Bertz CT molecular complexity index is 551. The maximum Gasteiger partial charge on any atom is 0.249 e. The lowest BCUT2D eigenvalue weighted by molar-refractivity contribution is -0.124. The summed E-state index contributed by atoms with van der Waals surface area (Å²) in [6.45, 7) is 1.84. The lowest BCUT2D eigenvalue weighted by Gasteiger charge is -2.09. The summed E-state index contributed by atoms with van der Waals surface area (Å²) < 4.78 is 1.19. The number of hydrogen-bond donors (Lipinski definition) is 0. The van der Waals surface area contributed by atoms with E-state index in [1.54, 1.807) is 36.5 Å². The Hall–Kier alpha value is -1.68. The molecular weight excluding hydrogens is 232 g/mol. The summed E-state index contributed by atoms with van der Waals surface area (Å²) in [5, 5.41) is 1.12. The molecule has 17 heavy (non-hydrogen) atoms. The zero-order valence-electron chi connectivity index (χ0n) is 10.1. The van der Waals surface area contributed by atoms with Crippen molar-refractivity contribution in [3.63, 3.8) is 0 Å². The minimum atomic E-state index is 0.0422. The number of thiophene rings is 1. The summed E-state index contributed by atoms with van der Waals surface area (Å²) >= 11 is 1.67. The van der Waals surface area contributed by atoms with E-state index in [0.29, 0.717) is 0 Å². The minimum Gasteiger partial charge on any atom is -0.345 e. The molecule has 0 atom stereocenters. The van der Waals surface area contributed by atoms with Gasteiger partial charge in [0.05, 0.1) is 0 Å². The molecule has 3 nitrogen and oxygen atoms in total. The van der Waals surface area contributed by atoms with Gasteiger partial charge in [-0.25, -0.2) is 0 Å². The Morgan fingerprint density at radius 2 is 2.24 bits per heavy atom. The maximum atomic E-state index is 11.7. The van der Waals surface area contributed by atoms with Gasteiger partial charge in [-0.2, -0.15) is 0 Å². The van der Waals surface area contributed by atoms with Crippen molar-refractivity contribution in [3.8, 4) is 0 Å². The van der Waals surface area contributed by atoms with E-state index >= 15 is 0 Å². The van der Waals surface area contributed by atoms with Crippen molar-refractivity contribution in [2.75, 3.05) is 14.1 Å². The highest BCUT2D eigenvalue weighted by Gasteiger charge is 2.07. The number of amides is 1. The molecule has 0 saturated carbocycles. The van der Waals surface area contributed by atoms with Crippen LogP contribution in [0.4, 0.5) is 0 Å². The first-order valence-electron chi connectivity index (χ1n) is 5.31. The molecule has 0 aliphatic heterocycles. The van der Waals surface area contributed by atoms with Crippen molar-refractivity contribution in [2.45, 2.75) is 6.92 Å². The van der Waals surface area contributed by atoms with Gasteiger partial charge in [0.15, 0.2) is 0 Å². The van der Waals surface area contributed by atoms with Crippen LogP contribution in [0.2, 0.25) is 0 Å². The van der Waals surface area contributed by atoms with E-state index in [9.17, 15) is 4.79 Å². The molecule has 0 aliphatic carbocycles. The van der Waals surface area contributed by atoms with Crippen LogP contribution in [0.1, 0.15) is 11.8 Å². The fraction of sp³-hybridized carbons (Fsp3) is 0.231. The largest absolute Gasteiger partial charge is 0.345 e. The SMILES string of the molecule is CC(=Cc1cc2cnccc2s1)C(=O)N(C)C. The van der Waals surface area contributed by atoms with Crippen LogP contribution < -0.4 is 0 Å². The van der Waals surface area contributed by atoms with Gasteiger partial charge < -0.3 is 4.90 Å². The maximum absolute atomic E-state index is 11.7. The Kier molecular flexibility index (Phi) is 3.24. The molecule has 0 bridgehead atoms. The highest BCUT2D eigenvalue weighted by atomic mass is 32.1. The van der Waals surface area contributed by atoms with E-state index in [4.69, 9.17) is 0 Å². The smallest absolute Gasteiger partial charge is 0.249 e. The summed E-state index contributed by atoms with van der Waals surface area (Å²) in [5.41, 5.74) is 0.745. The number of aromatic nitrogens is 1. The van der Waals surface area contributed by atoms with Crippen molar-refractivity contribution in [1.82, 2.24) is 9.88 Å². The summed E-state index contributed by atoms with van der Waals surface area (Å²) in [5.74, 6) is 0.0422. The van der Waals surface area contributed by atoms with Crippen molar-refractivity contribution >= 4 is 33.4 Å². The van der Waals surface area contributed by atoms with Crippen LogP contribution in [0.3, 0.4) is 0 Å². The molecule has 0 radical (unpaired) electrons. The van der Waals surface area contributed by atoms with E-state index in [2.05, 4.69) is 11.1 Å². The fourth-order valence-corrected chi connectivity index (χ4v) is 2.64. The fourth-order valence-electron chi connectivity index (χ4n) is 1.60. The zero-order chi connectivity index (χ0) is 12.4. The summed E-state index contributed by atoms with van der Waals surface area (Å²) in [6.07, 6.45) is 5.55. The molecule has 0 aromatic carbocycles. The predicted octanol–water partition coefficient (Wildman–Crippen LogP) is 2.79. The Labute approximate surface area is 104 Å². The third-order valence-corrected chi connectivity index (χ3v) is 3.50. The number of likely N-dealkylation sites (N-methyl/N-ethyl adjacent to an activating group) is 1. The van der Waals surface area contributed by atoms with Gasteiger partial charge in [-0.15, -0.1) is 11.3 Å².